The van der Waals surface area contributed by atoms with Crippen LogP contribution in [0.4, 0.5) is 0 Å². The van der Waals surface area contributed by atoms with Crippen molar-refractivity contribution in [2.45, 2.75) is 25.7 Å². The molecule has 0 bridgehead atoms. The lowest BCUT2D eigenvalue weighted by Gasteiger charge is -2.39. The maximum absolute atomic E-state index is 6.01. The van der Waals surface area contributed by atoms with Crippen LogP contribution >= 0.6 is 12.6 Å². The van der Waals surface area contributed by atoms with Gasteiger partial charge in [-0.1, -0.05) is 24.3 Å². The highest BCUT2D eigenvalue weighted by Gasteiger charge is 2.39. The summed E-state index contributed by atoms with van der Waals surface area (Å²) in [7, 11) is 0. The Bertz CT molecular complexity index is 555. The first-order valence-electron chi connectivity index (χ1n) is 7.38. The van der Waals surface area contributed by atoms with E-state index in [0.29, 0.717) is 16.4 Å². The Morgan fingerprint density at radius 2 is 1.71 bits per heavy atom. The molecular weight excluding hydrogens is 280 g/mol. The molecule has 1 fully saturated rings. The van der Waals surface area contributed by atoms with Gasteiger partial charge in [0.2, 0.25) is 0 Å². The van der Waals surface area contributed by atoms with Crippen molar-refractivity contribution in [2.75, 3.05) is 13.1 Å². The molecule has 0 saturated carbocycles. The Labute approximate surface area is 131 Å². The SMILES string of the molecule is NC(=N/C=C(\N)S)N1CCC2(CC1)Cc1ccccc1C2. The molecule has 0 amide bonds. The predicted molar refractivity (Wildman–Crippen MR) is 90.0 cm³/mol. The molecular formula is C16H22N4S. The van der Waals surface area contributed by atoms with Crippen molar-refractivity contribution in [1.29, 1.82) is 0 Å². The lowest BCUT2D eigenvalue weighted by Crippen LogP contribution is -2.46. The molecule has 0 radical (unpaired) electrons. The summed E-state index contributed by atoms with van der Waals surface area (Å²) in [6, 6.07) is 8.83. The number of rotatable bonds is 1. The summed E-state index contributed by atoms with van der Waals surface area (Å²) in [5.41, 5.74) is 14.9. The van der Waals surface area contributed by atoms with Crippen molar-refractivity contribution in [3.05, 3.63) is 46.6 Å². The number of nitrogens with zero attached hydrogens (tertiary/aromatic N) is 2. The molecule has 112 valence electrons. The number of nitrogens with two attached hydrogens (primary N) is 2. The summed E-state index contributed by atoms with van der Waals surface area (Å²) in [4.78, 5) is 6.30. The quantitative estimate of drug-likeness (QED) is 0.421. The van der Waals surface area contributed by atoms with E-state index >= 15 is 0 Å². The topological polar surface area (TPSA) is 67.6 Å². The Morgan fingerprint density at radius 3 is 2.24 bits per heavy atom. The first-order chi connectivity index (χ1) is 10.1. The van der Waals surface area contributed by atoms with E-state index in [-0.39, 0.29) is 0 Å². The molecule has 1 aliphatic carbocycles. The predicted octanol–water partition coefficient (Wildman–Crippen LogP) is 1.87. The van der Waals surface area contributed by atoms with E-state index in [2.05, 4.69) is 46.8 Å². The summed E-state index contributed by atoms with van der Waals surface area (Å²) in [5, 5.41) is 0.373. The molecule has 4 nitrogen and oxygen atoms in total. The van der Waals surface area contributed by atoms with Crippen molar-refractivity contribution in [3.8, 4) is 0 Å². The van der Waals surface area contributed by atoms with E-state index < -0.39 is 0 Å². The standard InChI is InChI=1S/C16H22N4S/c17-14(21)11-19-15(18)20-7-5-16(6-8-20)9-12-3-1-2-4-13(12)10-16/h1-4,11,21H,5-10,17H2,(H2,18,19)/b14-11+. The van der Waals surface area contributed by atoms with E-state index in [1.54, 1.807) is 0 Å². The van der Waals surface area contributed by atoms with E-state index in [1.807, 2.05) is 0 Å². The van der Waals surface area contributed by atoms with Crippen LogP contribution in [0, 0.1) is 5.41 Å². The highest BCUT2D eigenvalue weighted by molar-refractivity contribution is 7.84. The Morgan fingerprint density at radius 1 is 1.14 bits per heavy atom. The molecule has 0 atom stereocenters. The van der Waals surface area contributed by atoms with Crippen LogP contribution in [0.25, 0.3) is 0 Å². The molecule has 0 aromatic heterocycles. The minimum atomic E-state index is 0.373. The highest BCUT2D eigenvalue weighted by atomic mass is 32.1. The number of piperidine rings is 1. The Balaban J connectivity index is 1.64. The van der Waals surface area contributed by atoms with Crippen molar-refractivity contribution in [3.63, 3.8) is 0 Å². The molecule has 0 unspecified atom stereocenters. The molecule has 1 aromatic rings. The monoisotopic (exact) mass is 302 g/mol. The fourth-order valence-electron chi connectivity index (χ4n) is 3.55. The molecule has 4 N–H and O–H groups in total. The minimum absolute atomic E-state index is 0.373. The van der Waals surface area contributed by atoms with E-state index in [1.165, 1.54) is 30.2 Å². The molecule has 5 heteroatoms. The van der Waals surface area contributed by atoms with Gasteiger partial charge in [-0.2, -0.15) is 0 Å². The number of hydrogen-bond donors (Lipinski definition) is 3. The summed E-state index contributed by atoms with van der Waals surface area (Å²) in [5.74, 6) is 0.539. The van der Waals surface area contributed by atoms with Crippen molar-refractivity contribution < 1.29 is 0 Å². The number of fused-ring (bicyclic) bond motifs is 1. The van der Waals surface area contributed by atoms with Gasteiger partial charge in [0, 0.05) is 13.1 Å². The Kier molecular flexibility index (Phi) is 3.85. The number of likely N-dealkylation sites (tertiary alicyclic amines) is 1. The fourth-order valence-corrected chi connectivity index (χ4v) is 3.61. The number of benzene rings is 1. The van der Waals surface area contributed by atoms with Crippen LogP contribution in [0.3, 0.4) is 0 Å². The van der Waals surface area contributed by atoms with Gasteiger partial charge in [0.15, 0.2) is 5.96 Å². The first kappa shape index (κ1) is 14.3. The summed E-state index contributed by atoms with van der Waals surface area (Å²) in [6.07, 6.45) is 6.24. The lowest BCUT2D eigenvalue weighted by molar-refractivity contribution is 0.157. The normalized spacial score (nSPS) is 21.7. The van der Waals surface area contributed by atoms with Gasteiger partial charge >= 0.3 is 0 Å². The summed E-state index contributed by atoms with van der Waals surface area (Å²) in [6.45, 7) is 1.92. The number of guanidine groups is 1. The lowest BCUT2D eigenvalue weighted by atomic mass is 9.76. The zero-order chi connectivity index (χ0) is 14.9. The van der Waals surface area contributed by atoms with Crippen LogP contribution in [0.2, 0.25) is 0 Å². The maximum Gasteiger partial charge on any atom is 0.195 e. The molecule has 21 heavy (non-hydrogen) atoms. The summed E-state index contributed by atoms with van der Waals surface area (Å²) >= 11 is 3.99. The Hall–Kier alpha value is -1.62. The number of hydrogen-bond acceptors (Lipinski definition) is 3. The second-order valence-corrected chi connectivity index (χ2v) is 6.67. The zero-order valence-corrected chi connectivity index (χ0v) is 13.0. The largest absolute Gasteiger partial charge is 0.392 e. The van der Waals surface area contributed by atoms with Crippen LogP contribution in [0.15, 0.2) is 40.5 Å². The van der Waals surface area contributed by atoms with Crippen LogP contribution in [0.5, 0.6) is 0 Å². The highest BCUT2D eigenvalue weighted by Crippen LogP contribution is 2.44. The fraction of sp³-hybridized carbons (Fsp3) is 0.438. The van der Waals surface area contributed by atoms with Crippen LogP contribution in [0.1, 0.15) is 24.0 Å². The third-order valence-electron chi connectivity index (χ3n) is 4.73. The van der Waals surface area contributed by atoms with Crippen molar-refractivity contribution in [1.82, 2.24) is 4.90 Å². The zero-order valence-electron chi connectivity index (χ0n) is 12.1. The van der Waals surface area contributed by atoms with Gasteiger partial charge in [0.25, 0.3) is 0 Å². The van der Waals surface area contributed by atoms with Crippen LogP contribution in [-0.4, -0.2) is 23.9 Å². The van der Waals surface area contributed by atoms with Crippen LogP contribution < -0.4 is 11.5 Å². The smallest absolute Gasteiger partial charge is 0.195 e. The molecule has 1 aromatic carbocycles. The second-order valence-electron chi connectivity index (χ2n) is 6.15. The average Bonchev–Trinajstić information content (AvgIpc) is 2.83. The van der Waals surface area contributed by atoms with E-state index in [4.69, 9.17) is 11.5 Å². The van der Waals surface area contributed by atoms with Gasteiger partial charge < -0.3 is 16.4 Å². The molecule has 1 aliphatic heterocycles. The van der Waals surface area contributed by atoms with Gasteiger partial charge in [0.1, 0.15) is 0 Å². The van der Waals surface area contributed by atoms with E-state index in [9.17, 15) is 0 Å². The molecule has 3 rings (SSSR count). The van der Waals surface area contributed by atoms with Crippen molar-refractivity contribution in [2.24, 2.45) is 21.9 Å². The van der Waals surface area contributed by atoms with Crippen molar-refractivity contribution >= 4 is 18.6 Å². The van der Waals surface area contributed by atoms with Gasteiger partial charge in [-0.05, 0) is 42.2 Å². The van der Waals surface area contributed by atoms with E-state index in [0.717, 1.165) is 25.9 Å². The van der Waals surface area contributed by atoms with Gasteiger partial charge in [-0.25, -0.2) is 4.99 Å². The maximum atomic E-state index is 6.01. The third kappa shape index (κ3) is 3.02. The molecule has 2 aliphatic rings. The van der Waals surface area contributed by atoms with Gasteiger partial charge in [-0.15, -0.1) is 12.6 Å². The number of thiol groups is 1. The first-order valence-corrected chi connectivity index (χ1v) is 7.82. The van der Waals surface area contributed by atoms with Gasteiger partial charge in [0.05, 0.1) is 11.2 Å². The molecule has 1 heterocycles. The molecule has 1 saturated heterocycles. The van der Waals surface area contributed by atoms with Crippen LogP contribution in [-0.2, 0) is 12.8 Å². The second kappa shape index (κ2) is 5.64. The molecule has 1 spiro atoms. The average molecular weight is 302 g/mol. The van der Waals surface area contributed by atoms with Gasteiger partial charge in [-0.3, -0.25) is 0 Å². The third-order valence-corrected chi connectivity index (χ3v) is 4.84. The minimum Gasteiger partial charge on any atom is -0.392 e. The summed E-state index contributed by atoms with van der Waals surface area (Å²) < 4.78 is 0. The number of aliphatic imine (C=N–C) groups is 1.